The lowest BCUT2D eigenvalue weighted by Crippen LogP contribution is -2.34. The molecule has 1 heterocycles. The third-order valence-corrected chi connectivity index (χ3v) is 4.08. The summed E-state index contributed by atoms with van der Waals surface area (Å²) in [4.78, 5) is 13.9. The highest BCUT2D eigenvalue weighted by molar-refractivity contribution is 5.78. The minimum Gasteiger partial charge on any atom is -0.489 e. The van der Waals surface area contributed by atoms with Gasteiger partial charge in [0, 0.05) is 13.0 Å². The molecular weight excluding hydrogens is 325 g/mol. The van der Waals surface area contributed by atoms with Crippen molar-refractivity contribution < 1.29 is 23.8 Å². The molecule has 0 radical (unpaired) electrons. The van der Waals surface area contributed by atoms with E-state index in [1.54, 1.807) is 41.3 Å². The number of carbonyl (C=O) groups is 1. The summed E-state index contributed by atoms with van der Waals surface area (Å²) in [5.41, 5.74) is 0.791. The summed E-state index contributed by atoms with van der Waals surface area (Å²) in [6, 6.07) is 12.8. The van der Waals surface area contributed by atoms with Gasteiger partial charge >= 0.3 is 0 Å². The number of benzene rings is 2. The van der Waals surface area contributed by atoms with Crippen LogP contribution in [0.4, 0.5) is 4.39 Å². The highest BCUT2D eigenvalue weighted by atomic mass is 19.1. The summed E-state index contributed by atoms with van der Waals surface area (Å²) in [6.07, 6.45) is 0.632. The van der Waals surface area contributed by atoms with Gasteiger partial charge in [0.05, 0.1) is 13.2 Å². The minimum absolute atomic E-state index is 0.0254. The first-order valence-electron chi connectivity index (χ1n) is 8.16. The van der Waals surface area contributed by atoms with Crippen molar-refractivity contribution in [1.82, 2.24) is 4.90 Å². The molecule has 1 aliphatic heterocycles. The Kier molecular flexibility index (Phi) is 5.50. The van der Waals surface area contributed by atoms with E-state index in [0.717, 1.165) is 12.0 Å². The molecule has 6 heteroatoms. The average Bonchev–Trinajstić information content (AvgIpc) is 3.10. The van der Waals surface area contributed by atoms with Crippen LogP contribution in [0.25, 0.3) is 0 Å². The second-order valence-electron chi connectivity index (χ2n) is 5.91. The number of carbonyl (C=O) groups excluding carboxylic acids is 1. The molecule has 132 valence electrons. The van der Waals surface area contributed by atoms with Crippen LogP contribution in [0.2, 0.25) is 0 Å². The molecule has 1 aliphatic rings. The molecule has 0 bridgehead atoms. The van der Waals surface area contributed by atoms with Crippen LogP contribution in [0, 0.1) is 5.82 Å². The molecule has 0 aromatic heterocycles. The second-order valence-corrected chi connectivity index (χ2v) is 5.91. The zero-order chi connectivity index (χ0) is 17.6. The monoisotopic (exact) mass is 345 g/mol. The van der Waals surface area contributed by atoms with Gasteiger partial charge < -0.3 is 19.5 Å². The number of aliphatic hydroxyl groups excluding tert-OH is 1. The summed E-state index contributed by atoms with van der Waals surface area (Å²) in [7, 11) is 0. The van der Waals surface area contributed by atoms with Gasteiger partial charge in [-0.05, 0) is 42.0 Å². The Balaban J connectivity index is 1.46. The summed E-state index contributed by atoms with van der Waals surface area (Å²) in [5, 5.41) is 9.00. The van der Waals surface area contributed by atoms with Crippen LogP contribution in [-0.2, 0) is 11.4 Å². The van der Waals surface area contributed by atoms with E-state index >= 15 is 0 Å². The molecule has 1 saturated heterocycles. The molecule has 0 aliphatic carbocycles. The standard InChI is InChI=1S/C19H20FNO4/c20-15-3-7-17(8-4-15)25-18-9-10-21(11-18)19(23)13-24-16-5-1-14(12-22)2-6-16/h1-8,18,22H,9-13H2. The van der Waals surface area contributed by atoms with Crippen molar-refractivity contribution in [2.45, 2.75) is 19.1 Å². The number of aliphatic hydroxyl groups is 1. The summed E-state index contributed by atoms with van der Waals surface area (Å²) in [6.45, 7) is 1.03. The first kappa shape index (κ1) is 17.2. The zero-order valence-corrected chi connectivity index (χ0v) is 13.7. The van der Waals surface area contributed by atoms with Gasteiger partial charge in [0.1, 0.15) is 23.4 Å². The van der Waals surface area contributed by atoms with E-state index in [9.17, 15) is 9.18 Å². The maximum Gasteiger partial charge on any atom is 0.260 e. The number of halogens is 1. The van der Waals surface area contributed by atoms with Gasteiger partial charge in [-0.1, -0.05) is 12.1 Å². The molecule has 1 N–H and O–H groups in total. The van der Waals surface area contributed by atoms with Crippen molar-refractivity contribution in [2.24, 2.45) is 0 Å². The molecule has 3 rings (SSSR count). The van der Waals surface area contributed by atoms with Crippen molar-refractivity contribution >= 4 is 5.91 Å². The molecule has 1 atom stereocenters. The highest BCUT2D eigenvalue weighted by Gasteiger charge is 2.27. The molecule has 2 aromatic carbocycles. The van der Waals surface area contributed by atoms with Crippen molar-refractivity contribution in [3.05, 3.63) is 59.9 Å². The molecule has 0 spiro atoms. The predicted molar refractivity (Wildman–Crippen MR) is 89.9 cm³/mol. The number of amides is 1. The van der Waals surface area contributed by atoms with E-state index < -0.39 is 0 Å². The van der Waals surface area contributed by atoms with E-state index in [-0.39, 0.29) is 31.0 Å². The van der Waals surface area contributed by atoms with Crippen LogP contribution >= 0.6 is 0 Å². The third kappa shape index (κ3) is 4.70. The van der Waals surface area contributed by atoms with Gasteiger partial charge in [0.25, 0.3) is 5.91 Å². The zero-order valence-electron chi connectivity index (χ0n) is 13.7. The molecule has 2 aromatic rings. The predicted octanol–water partition coefficient (Wildman–Crippen LogP) is 2.38. The Morgan fingerprint density at radius 2 is 1.80 bits per heavy atom. The first-order valence-corrected chi connectivity index (χ1v) is 8.16. The number of rotatable bonds is 6. The average molecular weight is 345 g/mol. The first-order chi connectivity index (χ1) is 12.1. The fourth-order valence-electron chi connectivity index (χ4n) is 2.68. The molecule has 1 amide bonds. The second kappa shape index (κ2) is 7.98. The largest absolute Gasteiger partial charge is 0.489 e. The van der Waals surface area contributed by atoms with Gasteiger partial charge in [-0.3, -0.25) is 4.79 Å². The Hall–Kier alpha value is -2.60. The molecule has 25 heavy (non-hydrogen) atoms. The molecular formula is C19H20FNO4. The number of nitrogens with zero attached hydrogens (tertiary/aromatic N) is 1. The number of hydrogen-bond donors (Lipinski definition) is 1. The Labute approximate surface area is 145 Å². The van der Waals surface area contributed by atoms with Gasteiger partial charge in [0.2, 0.25) is 0 Å². The van der Waals surface area contributed by atoms with Gasteiger partial charge in [0.15, 0.2) is 6.61 Å². The SMILES string of the molecule is O=C(COc1ccc(CO)cc1)N1CCC(Oc2ccc(F)cc2)C1. The van der Waals surface area contributed by atoms with Gasteiger partial charge in [-0.2, -0.15) is 0 Å². The number of ether oxygens (including phenoxy) is 2. The lowest BCUT2D eigenvalue weighted by molar-refractivity contribution is -0.132. The van der Waals surface area contributed by atoms with E-state index in [0.29, 0.717) is 24.6 Å². The smallest absolute Gasteiger partial charge is 0.260 e. The molecule has 0 saturated carbocycles. The topological polar surface area (TPSA) is 59.0 Å². The van der Waals surface area contributed by atoms with Gasteiger partial charge in [-0.25, -0.2) is 4.39 Å². The molecule has 1 unspecified atom stereocenters. The molecule has 5 nitrogen and oxygen atoms in total. The van der Waals surface area contributed by atoms with Crippen molar-refractivity contribution in [3.63, 3.8) is 0 Å². The van der Waals surface area contributed by atoms with E-state index in [1.165, 1.54) is 12.1 Å². The van der Waals surface area contributed by atoms with Crippen molar-refractivity contribution in [3.8, 4) is 11.5 Å². The fraction of sp³-hybridized carbons (Fsp3) is 0.316. The number of hydrogen-bond acceptors (Lipinski definition) is 4. The quantitative estimate of drug-likeness (QED) is 0.873. The van der Waals surface area contributed by atoms with E-state index in [4.69, 9.17) is 14.6 Å². The van der Waals surface area contributed by atoms with Gasteiger partial charge in [-0.15, -0.1) is 0 Å². The summed E-state index contributed by atoms with van der Waals surface area (Å²) < 4.78 is 24.2. The van der Waals surface area contributed by atoms with Crippen LogP contribution < -0.4 is 9.47 Å². The normalized spacial score (nSPS) is 16.7. The maximum absolute atomic E-state index is 12.9. The van der Waals surface area contributed by atoms with E-state index in [2.05, 4.69) is 0 Å². The highest BCUT2D eigenvalue weighted by Crippen LogP contribution is 2.19. The lowest BCUT2D eigenvalue weighted by atomic mass is 10.2. The summed E-state index contributed by atoms with van der Waals surface area (Å²) >= 11 is 0. The maximum atomic E-state index is 12.9. The third-order valence-electron chi connectivity index (χ3n) is 4.08. The minimum atomic E-state index is -0.306. The summed E-state index contributed by atoms with van der Waals surface area (Å²) in [5.74, 6) is 0.779. The van der Waals surface area contributed by atoms with Crippen LogP contribution in [0.15, 0.2) is 48.5 Å². The van der Waals surface area contributed by atoms with Crippen LogP contribution in [0.1, 0.15) is 12.0 Å². The Bertz CT molecular complexity index is 702. The fourth-order valence-corrected chi connectivity index (χ4v) is 2.68. The van der Waals surface area contributed by atoms with Crippen LogP contribution in [0.3, 0.4) is 0 Å². The Morgan fingerprint density at radius 1 is 1.12 bits per heavy atom. The van der Waals surface area contributed by atoms with Crippen LogP contribution in [0.5, 0.6) is 11.5 Å². The molecule has 1 fully saturated rings. The van der Waals surface area contributed by atoms with Crippen molar-refractivity contribution in [1.29, 1.82) is 0 Å². The van der Waals surface area contributed by atoms with E-state index in [1.807, 2.05) is 0 Å². The van der Waals surface area contributed by atoms with Crippen LogP contribution in [-0.4, -0.2) is 41.7 Å². The van der Waals surface area contributed by atoms with Crippen molar-refractivity contribution in [2.75, 3.05) is 19.7 Å². The lowest BCUT2D eigenvalue weighted by Gasteiger charge is -2.17. The number of likely N-dealkylation sites (tertiary alicyclic amines) is 1. The Morgan fingerprint density at radius 3 is 2.48 bits per heavy atom.